The number of rotatable bonds is 7. The number of hydrogen-bond donors (Lipinski definition) is 5. The molecule has 0 fully saturated rings. The molecule has 0 aliphatic heterocycles. The first-order valence-electron chi connectivity index (χ1n) is 3.99. The molecule has 0 spiro atoms. The van der Waals surface area contributed by atoms with Crippen LogP contribution in [-0.4, -0.2) is 38.4 Å². The zero-order valence-electron chi connectivity index (χ0n) is 7.81. The van der Waals surface area contributed by atoms with Gasteiger partial charge in [0, 0.05) is 6.42 Å². The zero-order valence-corrected chi connectivity index (χ0v) is 9.60. The third kappa shape index (κ3) is 3.86. The lowest BCUT2D eigenvalue weighted by atomic mass is 10.3. The molecule has 0 aliphatic carbocycles. The number of nitrogens with two attached hydrogens (primary N) is 1. The minimum absolute atomic E-state index is 0.0669. The maximum Gasteiger partial charge on any atom is 0.559 e. The lowest BCUT2D eigenvalue weighted by Crippen LogP contribution is -2.26. The SMILES string of the molecule is NCCCC(O)([P+](=O)OCO)P(=O)(O)O. The summed E-state index contributed by atoms with van der Waals surface area (Å²) in [5.41, 5.74) is 5.10. The monoisotopic (exact) mass is 262 g/mol. The molecule has 0 aromatic rings. The Morgan fingerprint density at radius 2 is 2.00 bits per heavy atom. The first kappa shape index (κ1) is 15.1. The van der Waals surface area contributed by atoms with Crippen molar-refractivity contribution in [3.05, 3.63) is 0 Å². The summed E-state index contributed by atoms with van der Waals surface area (Å²) in [5.74, 6) is 0. The van der Waals surface area contributed by atoms with Crippen LogP contribution < -0.4 is 5.73 Å². The number of aliphatic hydroxyl groups excluding tert-OH is 1. The summed E-state index contributed by atoms with van der Waals surface area (Å²) in [6.45, 7) is -0.926. The Morgan fingerprint density at radius 3 is 2.33 bits per heavy atom. The van der Waals surface area contributed by atoms with Gasteiger partial charge in [0.2, 0.25) is 0 Å². The van der Waals surface area contributed by atoms with Gasteiger partial charge in [-0.25, -0.2) is 0 Å². The zero-order chi connectivity index (χ0) is 12.1. The van der Waals surface area contributed by atoms with Crippen molar-refractivity contribution in [1.82, 2.24) is 0 Å². The average Bonchev–Trinajstić information content (AvgIpc) is 2.12. The molecule has 0 amide bonds. The van der Waals surface area contributed by atoms with Gasteiger partial charge in [-0.1, -0.05) is 0 Å². The van der Waals surface area contributed by atoms with Crippen LogP contribution in [0.1, 0.15) is 12.8 Å². The van der Waals surface area contributed by atoms with Crippen molar-refractivity contribution < 1.29 is 33.7 Å². The molecule has 0 saturated heterocycles. The van der Waals surface area contributed by atoms with Crippen molar-refractivity contribution >= 4 is 15.6 Å². The molecule has 0 bridgehead atoms. The first-order chi connectivity index (χ1) is 6.79. The van der Waals surface area contributed by atoms with E-state index in [9.17, 15) is 14.2 Å². The minimum Gasteiger partial charge on any atom is -0.367 e. The predicted octanol–water partition coefficient (Wildman–Crippen LogP) is -0.742. The van der Waals surface area contributed by atoms with Gasteiger partial charge < -0.3 is 25.7 Å². The molecule has 2 unspecified atom stereocenters. The van der Waals surface area contributed by atoms with Crippen LogP contribution in [0.25, 0.3) is 0 Å². The summed E-state index contributed by atoms with van der Waals surface area (Å²) in [7, 11) is -8.11. The number of hydrogen-bond acceptors (Lipinski definition) is 6. The van der Waals surface area contributed by atoms with Crippen molar-refractivity contribution in [2.45, 2.75) is 17.9 Å². The molecule has 0 aromatic carbocycles. The Hall–Kier alpha value is 0.0900. The summed E-state index contributed by atoms with van der Waals surface area (Å²) < 4.78 is 26.2. The molecule has 15 heavy (non-hydrogen) atoms. The molecule has 0 radical (unpaired) electrons. The van der Waals surface area contributed by atoms with Crippen molar-refractivity contribution in [2.24, 2.45) is 5.73 Å². The van der Waals surface area contributed by atoms with Crippen LogP contribution in [0.2, 0.25) is 0 Å². The van der Waals surface area contributed by atoms with E-state index in [-0.39, 0.29) is 13.0 Å². The van der Waals surface area contributed by atoms with E-state index in [0.717, 1.165) is 0 Å². The molecule has 10 heteroatoms. The van der Waals surface area contributed by atoms with Crippen LogP contribution in [0.15, 0.2) is 0 Å². The lowest BCUT2D eigenvalue weighted by molar-refractivity contribution is 0.0807. The fraction of sp³-hybridized carbons (Fsp3) is 1.00. The smallest absolute Gasteiger partial charge is 0.367 e. The highest BCUT2D eigenvalue weighted by Gasteiger charge is 2.63. The molecule has 8 nitrogen and oxygen atoms in total. The Bertz CT molecular complexity index is 266. The van der Waals surface area contributed by atoms with Gasteiger partial charge in [0.05, 0.1) is 0 Å². The normalized spacial score (nSPS) is 17.3. The Balaban J connectivity index is 4.86. The van der Waals surface area contributed by atoms with Crippen LogP contribution in [0, 0.1) is 0 Å². The molecule has 0 aromatic heterocycles. The van der Waals surface area contributed by atoms with Gasteiger partial charge in [0.15, 0.2) is 6.79 Å². The Labute approximate surface area is 87.1 Å². The van der Waals surface area contributed by atoms with Gasteiger partial charge in [0.25, 0.3) is 0 Å². The largest absolute Gasteiger partial charge is 0.559 e. The van der Waals surface area contributed by atoms with Gasteiger partial charge in [-0.15, -0.1) is 4.52 Å². The third-order valence-corrected chi connectivity index (χ3v) is 5.24. The van der Waals surface area contributed by atoms with Crippen LogP contribution in [0.5, 0.6) is 0 Å². The van der Waals surface area contributed by atoms with Crippen molar-refractivity contribution in [3.63, 3.8) is 0 Å². The summed E-state index contributed by atoms with van der Waals surface area (Å²) in [6, 6.07) is 0. The topological polar surface area (TPSA) is 150 Å². The average molecular weight is 262 g/mol. The summed E-state index contributed by atoms with van der Waals surface area (Å²) >= 11 is 0. The fourth-order valence-electron chi connectivity index (χ4n) is 0.838. The molecule has 90 valence electrons. The second-order valence-corrected chi connectivity index (χ2v) is 6.42. The van der Waals surface area contributed by atoms with Gasteiger partial charge in [-0.05, 0) is 17.5 Å². The first-order valence-corrected chi connectivity index (χ1v) is 6.78. The lowest BCUT2D eigenvalue weighted by Gasteiger charge is -2.16. The molecular formula is C5H14NO7P2+. The molecule has 0 saturated carbocycles. The van der Waals surface area contributed by atoms with E-state index in [1.165, 1.54) is 0 Å². The molecule has 0 heterocycles. The van der Waals surface area contributed by atoms with Crippen molar-refractivity contribution in [2.75, 3.05) is 13.3 Å². The molecule has 0 rings (SSSR count). The molecule has 6 N–H and O–H groups in total. The van der Waals surface area contributed by atoms with E-state index in [1.54, 1.807) is 0 Å². The van der Waals surface area contributed by atoms with Gasteiger partial charge in [-0.2, -0.15) is 0 Å². The molecular weight excluding hydrogens is 248 g/mol. The maximum atomic E-state index is 11.2. The van der Waals surface area contributed by atoms with E-state index < -0.39 is 33.9 Å². The highest BCUT2D eigenvalue weighted by molar-refractivity contribution is 7.67. The van der Waals surface area contributed by atoms with Gasteiger partial charge in [0.1, 0.15) is 0 Å². The molecule has 2 atom stereocenters. The fourth-order valence-corrected chi connectivity index (χ4v) is 2.96. The second kappa shape index (κ2) is 5.98. The Kier molecular flexibility index (Phi) is 6.02. The minimum atomic E-state index is -5.02. The van der Waals surface area contributed by atoms with E-state index in [2.05, 4.69) is 4.52 Å². The van der Waals surface area contributed by atoms with E-state index in [0.29, 0.717) is 0 Å². The quantitative estimate of drug-likeness (QED) is 0.297. The van der Waals surface area contributed by atoms with E-state index >= 15 is 0 Å². The highest BCUT2D eigenvalue weighted by Crippen LogP contribution is 2.63. The van der Waals surface area contributed by atoms with E-state index in [1.807, 2.05) is 0 Å². The second-order valence-electron chi connectivity index (χ2n) is 2.73. The van der Waals surface area contributed by atoms with Crippen LogP contribution in [-0.2, 0) is 13.7 Å². The summed E-state index contributed by atoms with van der Waals surface area (Å²) in [6.07, 6.45) is -0.402. The standard InChI is InChI=1S/C5H13NO7P2/c6-3-1-2-5(8,15(10,11)12)14(9)13-4-7/h7-8H,1-4,6H2,(H-,10,11,12)/p+1. The van der Waals surface area contributed by atoms with Gasteiger partial charge >= 0.3 is 20.7 Å². The highest BCUT2D eigenvalue weighted by atomic mass is 31.2. The van der Waals surface area contributed by atoms with Crippen LogP contribution in [0.3, 0.4) is 0 Å². The third-order valence-electron chi connectivity index (χ3n) is 1.65. The Morgan fingerprint density at radius 1 is 1.47 bits per heavy atom. The maximum absolute atomic E-state index is 11.2. The summed E-state index contributed by atoms with van der Waals surface area (Å²) in [5, 5.41) is 15.0. The van der Waals surface area contributed by atoms with Crippen LogP contribution >= 0.6 is 15.6 Å². The van der Waals surface area contributed by atoms with Crippen molar-refractivity contribution in [1.29, 1.82) is 0 Å². The van der Waals surface area contributed by atoms with Crippen LogP contribution in [0.4, 0.5) is 0 Å². The number of aliphatic hydroxyl groups is 2. The predicted molar refractivity (Wildman–Crippen MR) is 51.1 cm³/mol. The summed E-state index contributed by atoms with van der Waals surface area (Å²) in [4.78, 5) is 17.7. The molecule has 0 aliphatic rings. The van der Waals surface area contributed by atoms with Gasteiger partial charge in [-0.3, -0.25) is 4.57 Å². The van der Waals surface area contributed by atoms with Crippen molar-refractivity contribution in [3.8, 4) is 0 Å². The van der Waals surface area contributed by atoms with E-state index in [4.69, 9.17) is 20.6 Å².